The van der Waals surface area contributed by atoms with E-state index in [9.17, 15) is 34.2 Å². The Morgan fingerprint density at radius 1 is 1.02 bits per heavy atom. The van der Waals surface area contributed by atoms with Crippen LogP contribution >= 0.6 is 0 Å². The highest BCUT2D eigenvalue weighted by molar-refractivity contribution is 5.94. The molecule has 1 aromatic rings. The second-order valence-electron chi connectivity index (χ2n) is 9.51. The fraction of sp³-hybridized carbons (Fsp3) is 0.520. The number of phenolic OH excluding ortho intramolecular Hbond substituents is 1. The monoisotopic (exact) mass is 563 g/mol. The number of rotatable bonds is 15. The van der Waals surface area contributed by atoms with Crippen LogP contribution < -0.4 is 27.8 Å². The lowest BCUT2D eigenvalue weighted by Gasteiger charge is -2.28. The molecule has 2 rings (SSSR count). The van der Waals surface area contributed by atoms with E-state index in [4.69, 9.17) is 22.3 Å². The number of aliphatic carboxylic acids is 2. The van der Waals surface area contributed by atoms with Crippen molar-refractivity contribution in [2.24, 2.45) is 22.2 Å². The molecule has 15 nitrogen and oxygen atoms in total. The molecule has 1 aliphatic heterocycles. The number of phenols is 1. The van der Waals surface area contributed by atoms with Crippen molar-refractivity contribution in [3.63, 3.8) is 0 Å². The Labute approximate surface area is 230 Å². The summed E-state index contributed by atoms with van der Waals surface area (Å²) in [5, 5.41) is 32.9. The summed E-state index contributed by atoms with van der Waals surface area (Å²) in [6.07, 6.45) is 0.455. The molecule has 4 atom stereocenters. The van der Waals surface area contributed by atoms with Gasteiger partial charge in [-0.05, 0) is 56.2 Å². The molecule has 0 spiro atoms. The first-order chi connectivity index (χ1) is 18.9. The first-order valence-electron chi connectivity index (χ1n) is 12.8. The highest BCUT2D eigenvalue weighted by atomic mass is 16.4. The van der Waals surface area contributed by atoms with Gasteiger partial charge in [-0.3, -0.25) is 24.2 Å². The second-order valence-corrected chi connectivity index (χ2v) is 9.51. The van der Waals surface area contributed by atoms with Crippen LogP contribution in [0.1, 0.15) is 44.1 Å². The molecule has 15 heteroatoms. The number of carbonyl (C=O) groups is 5. The minimum atomic E-state index is -1.36. The summed E-state index contributed by atoms with van der Waals surface area (Å²) in [7, 11) is 0. The topological polar surface area (TPSA) is 264 Å². The van der Waals surface area contributed by atoms with Crippen molar-refractivity contribution in [1.82, 2.24) is 15.5 Å². The second kappa shape index (κ2) is 15.3. The van der Waals surface area contributed by atoms with Crippen LogP contribution in [-0.2, 0) is 30.4 Å². The number of nitrogens with two attached hydrogens (primary N) is 3. The van der Waals surface area contributed by atoms with Gasteiger partial charge in [0.25, 0.3) is 0 Å². The molecule has 1 heterocycles. The number of aromatic hydroxyl groups is 1. The average molecular weight is 564 g/mol. The number of hydrogen-bond donors (Lipinski definition) is 8. The molecule has 11 N–H and O–H groups in total. The molecule has 0 bridgehead atoms. The van der Waals surface area contributed by atoms with Crippen molar-refractivity contribution in [3.05, 3.63) is 29.8 Å². The van der Waals surface area contributed by atoms with Crippen molar-refractivity contribution in [1.29, 1.82) is 0 Å². The summed E-state index contributed by atoms with van der Waals surface area (Å²) >= 11 is 0. The number of carbonyl (C=O) groups excluding carboxylic acids is 3. The van der Waals surface area contributed by atoms with E-state index >= 15 is 0 Å². The van der Waals surface area contributed by atoms with Crippen molar-refractivity contribution >= 4 is 35.6 Å². The molecular formula is C25H37N7O8. The van der Waals surface area contributed by atoms with Gasteiger partial charge in [0.05, 0.1) is 6.04 Å². The number of nitrogens with zero attached hydrogens (tertiary/aromatic N) is 2. The van der Waals surface area contributed by atoms with Gasteiger partial charge in [0, 0.05) is 19.5 Å². The van der Waals surface area contributed by atoms with E-state index in [1.54, 1.807) is 12.1 Å². The highest BCUT2D eigenvalue weighted by Gasteiger charge is 2.38. The zero-order valence-corrected chi connectivity index (χ0v) is 22.0. The van der Waals surface area contributed by atoms with E-state index in [0.29, 0.717) is 12.8 Å². The smallest absolute Gasteiger partial charge is 0.326 e. The summed E-state index contributed by atoms with van der Waals surface area (Å²) in [5.74, 6) is -4.63. The van der Waals surface area contributed by atoms with Crippen LogP contribution in [0.4, 0.5) is 0 Å². The SMILES string of the molecule is NC(N)=NCCCC(NC(=O)C(CCC(=O)O)NC(=O)C1CCCN1C(=O)C(N)Cc1ccc(O)cc1)C(=O)O. The van der Waals surface area contributed by atoms with E-state index in [1.807, 2.05) is 0 Å². The van der Waals surface area contributed by atoms with Gasteiger partial charge < -0.3 is 48.1 Å². The summed E-state index contributed by atoms with van der Waals surface area (Å²) in [5.41, 5.74) is 17.3. The molecule has 4 unspecified atom stereocenters. The summed E-state index contributed by atoms with van der Waals surface area (Å²) in [4.78, 5) is 67.1. The van der Waals surface area contributed by atoms with Crippen LogP contribution in [0.15, 0.2) is 29.3 Å². The van der Waals surface area contributed by atoms with Crippen LogP contribution in [0.5, 0.6) is 5.75 Å². The standard InChI is InChI=1S/C25H37N7O8/c26-16(13-14-5-7-15(33)8-6-14)23(38)32-12-2-4-19(32)22(37)30-17(9-10-20(34)35)21(36)31-18(24(39)40)3-1-11-29-25(27)28/h5-8,16-19,33H,1-4,9-13,26H2,(H,30,37)(H,31,36)(H,34,35)(H,39,40)(H4,27,28,29). The van der Waals surface area contributed by atoms with E-state index in [-0.39, 0.29) is 50.5 Å². The van der Waals surface area contributed by atoms with Gasteiger partial charge in [-0.25, -0.2) is 4.79 Å². The fourth-order valence-corrected chi connectivity index (χ4v) is 4.33. The Morgan fingerprint density at radius 3 is 2.30 bits per heavy atom. The first kappa shape index (κ1) is 31.8. The van der Waals surface area contributed by atoms with E-state index < -0.39 is 60.2 Å². The third-order valence-corrected chi connectivity index (χ3v) is 6.39. The van der Waals surface area contributed by atoms with E-state index in [0.717, 1.165) is 5.56 Å². The number of hydrogen-bond acceptors (Lipinski definition) is 8. The van der Waals surface area contributed by atoms with Crippen LogP contribution in [0.25, 0.3) is 0 Å². The molecule has 0 radical (unpaired) electrons. The number of nitrogens with one attached hydrogen (secondary N) is 2. The average Bonchev–Trinajstić information content (AvgIpc) is 3.38. The molecular weight excluding hydrogens is 526 g/mol. The quantitative estimate of drug-likeness (QED) is 0.0672. The molecule has 1 fully saturated rings. The lowest BCUT2D eigenvalue weighted by Crippen LogP contribution is -2.56. The third-order valence-electron chi connectivity index (χ3n) is 6.39. The Morgan fingerprint density at radius 2 is 1.70 bits per heavy atom. The lowest BCUT2D eigenvalue weighted by molar-refractivity contribution is -0.144. The maximum Gasteiger partial charge on any atom is 0.326 e. The van der Waals surface area contributed by atoms with Crippen LogP contribution in [0, 0.1) is 0 Å². The minimum absolute atomic E-state index is 0.0126. The van der Waals surface area contributed by atoms with E-state index in [1.165, 1.54) is 17.0 Å². The zero-order valence-electron chi connectivity index (χ0n) is 22.0. The van der Waals surface area contributed by atoms with Gasteiger partial charge in [-0.1, -0.05) is 12.1 Å². The summed E-state index contributed by atoms with van der Waals surface area (Å²) in [6, 6.07) is 1.63. The fourth-order valence-electron chi connectivity index (χ4n) is 4.33. The Bertz CT molecular complexity index is 1090. The highest BCUT2D eigenvalue weighted by Crippen LogP contribution is 2.20. The minimum Gasteiger partial charge on any atom is -0.508 e. The predicted molar refractivity (Wildman–Crippen MR) is 143 cm³/mol. The van der Waals surface area contributed by atoms with Gasteiger partial charge >= 0.3 is 11.9 Å². The third kappa shape index (κ3) is 10.1. The van der Waals surface area contributed by atoms with Crippen molar-refractivity contribution in [2.45, 2.75) is 69.1 Å². The van der Waals surface area contributed by atoms with Gasteiger partial charge in [0.1, 0.15) is 23.9 Å². The Kier molecular flexibility index (Phi) is 12.1. The van der Waals surface area contributed by atoms with Crippen LogP contribution in [0.2, 0.25) is 0 Å². The van der Waals surface area contributed by atoms with Gasteiger partial charge in [0.15, 0.2) is 5.96 Å². The molecule has 1 aromatic carbocycles. The van der Waals surface area contributed by atoms with Crippen LogP contribution in [0.3, 0.4) is 0 Å². The summed E-state index contributed by atoms with van der Waals surface area (Å²) in [6.45, 7) is 0.407. The lowest BCUT2D eigenvalue weighted by atomic mass is 10.0. The first-order valence-corrected chi connectivity index (χ1v) is 12.8. The number of carboxylic acid groups (broad SMARTS) is 2. The number of carboxylic acids is 2. The maximum absolute atomic E-state index is 13.2. The predicted octanol–water partition coefficient (Wildman–Crippen LogP) is -1.77. The largest absolute Gasteiger partial charge is 0.508 e. The molecule has 3 amide bonds. The molecule has 220 valence electrons. The normalized spacial score (nSPS) is 16.8. The Balaban J connectivity index is 2.07. The maximum atomic E-state index is 13.2. The number of aliphatic imine (C=N–C) groups is 1. The number of amides is 3. The number of benzene rings is 1. The zero-order chi connectivity index (χ0) is 29.8. The van der Waals surface area contributed by atoms with Gasteiger partial charge in [0.2, 0.25) is 17.7 Å². The summed E-state index contributed by atoms with van der Waals surface area (Å²) < 4.78 is 0. The van der Waals surface area contributed by atoms with Crippen molar-refractivity contribution < 1.29 is 39.3 Å². The van der Waals surface area contributed by atoms with Crippen LogP contribution in [-0.4, -0.2) is 93.1 Å². The molecule has 0 aromatic heterocycles. The van der Waals surface area contributed by atoms with E-state index in [2.05, 4.69) is 15.6 Å². The van der Waals surface area contributed by atoms with Gasteiger partial charge in [-0.15, -0.1) is 0 Å². The Hall–Kier alpha value is -4.40. The number of likely N-dealkylation sites (tertiary alicyclic amines) is 1. The van der Waals surface area contributed by atoms with Crippen molar-refractivity contribution in [3.8, 4) is 5.75 Å². The number of guanidine groups is 1. The molecule has 0 saturated carbocycles. The molecule has 1 saturated heterocycles. The van der Waals surface area contributed by atoms with Gasteiger partial charge in [-0.2, -0.15) is 0 Å². The molecule has 1 aliphatic rings. The molecule has 0 aliphatic carbocycles. The molecule has 40 heavy (non-hydrogen) atoms. The van der Waals surface area contributed by atoms with Crippen molar-refractivity contribution in [2.75, 3.05) is 13.1 Å².